The quantitative estimate of drug-likeness (QED) is 0.895. The lowest BCUT2D eigenvalue weighted by Crippen LogP contribution is -2.43. The first-order valence-corrected chi connectivity index (χ1v) is 7.50. The number of thiazole rings is 1. The van der Waals surface area contributed by atoms with Crippen LogP contribution in [0.4, 0.5) is 5.13 Å². The molecule has 3 heterocycles. The molecule has 0 saturated carbocycles. The monoisotopic (exact) mass is 304 g/mol. The summed E-state index contributed by atoms with van der Waals surface area (Å²) in [5.41, 5.74) is 1.20. The Hall–Kier alpha value is -0.400. The topological polar surface area (TPSA) is 40.6 Å². The van der Waals surface area contributed by atoms with Crippen LogP contribution in [0.25, 0.3) is 0 Å². The third-order valence-electron chi connectivity index (χ3n) is 3.42. The minimum Gasteiger partial charge on any atom is -0.379 e. The lowest BCUT2D eigenvalue weighted by Gasteiger charge is -2.27. The van der Waals surface area contributed by atoms with Gasteiger partial charge in [0, 0.05) is 51.2 Å². The fourth-order valence-corrected chi connectivity index (χ4v) is 3.23. The van der Waals surface area contributed by atoms with E-state index in [4.69, 9.17) is 9.72 Å². The molecule has 1 aromatic heterocycles. The summed E-state index contributed by atoms with van der Waals surface area (Å²) in [6.07, 6.45) is 0. The van der Waals surface area contributed by atoms with Crippen molar-refractivity contribution >= 4 is 28.9 Å². The van der Waals surface area contributed by atoms with E-state index in [-0.39, 0.29) is 12.4 Å². The van der Waals surface area contributed by atoms with E-state index in [1.165, 1.54) is 10.8 Å². The van der Waals surface area contributed by atoms with E-state index in [0.717, 1.165) is 59.0 Å². The lowest BCUT2D eigenvalue weighted by molar-refractivity contribution is 0.0337. The number of morpholine rings is 1. The maximum Gasteiger partial charge on any atom is 0.185 e. The number of nitrogens with one attached hydrogen (secondary N) is 1. The van der Waals surface area contributed by atoms with E-state index in [1.807, 2.05) is 0 Å². The molecule has 7 heteroatoms. The predicted octanol–water partition coefficient (Wildman–Crippen LogP) is 0.807. The molecule has 3 rings (SSSR count). The number of piperazine rings is 1. The molecule has 1 aromatic rings. The van der Waals surface area contributed by atoms with Crippen molar-refractivity contribution in [3.05, 3.63) is 11.1 Å². The van der Waals surface area contributed by atoms with Gasteiger partial charge in [-0.2, -0.15) is 0 Å². The minimum atomic E-state index is 0. The van der Waals surface area contributed by atoms with Crippen LogP contribution >= 0.6 is 23.7 Å². The summed E-state index contributed by atoms with van der Waals surface area (Å²) in [5.74, 6) is 0. The maximum absolute atomic E-state index is 5.36. The van der Waals surface area contributed by atoms with E-state index in [2.05, 4.69) is 20.5 Å². The zero-order chi connectivity index (χ0) is 12.2. The second-order valence-electron chi connectivity index (χ2n) is 4.75. The van der Waals surface area contributed by atoms with E-state index in [0.29, 0.717) is 0 Å². The summed E-state index contributed by atoms with van der Waals surface area (Å²) < 4.78 is 5.36. The fourth-order valence-electron chi connectivity index (χ4n) is 2.36. The Morgan fingerprint density at radius 3 is 2.68 bits per heavy atom. The molecule has 2 saturated heterocycles. The molecule has 2 aliphatic heterocycles. The number of aromatic nitrogens is 1. The summed E-state index contributed by atoms with van der Waals surface area (Å²) in [6.45, 7) is 9.02. The van der Waals surface area contributed by atoms with Gasteiger partial charge in [-0.3, -0.25) is 4.90 Å². The average Bonchev–Trinajstić information content (AvgIpc) is 2.89. The molecule has 0 bridgehead atoms. The van der Waals surface area contributed by atoms with Crippen LogP contribution in [-0.4, -0.2) is 62.4 Å². The van der Waals surface area contributed by atoms with Crippen molar-refractivity contribution in [3.8, 4) is 0 Å². The molecule has 1 N–H and O–H groups in total. The van der Waals surface area contributed by atoms with E-state index in [1.54, 1.807) is 11.3 Å². The van der Waals surface area contributed by atoms with Gasteiger partial charge in [0.2, 0.25) is 0 Å². The SMILES string of the molecule is Cl.c1sc(N2CCNCC2)nc1CN1CCOCC1. The van der Waals surface area contributed by atoms with Crippen molar-refractivity contribution < 1.29 is 4.74 Å². The van der Waals surface area contributed by atoms with Gasteiger partial charge in [0.05, 0.1) is 18.9 Å². The highest BCUT2D eigenvalue weighted by atomic mass is 35.5. The van der Waals surface area contributed by atoms with Crippen molar-refractivity contribution in [2.24, 2.45) is 0 Å². The molecule has 0 atom stereocenters. The van der Waals surface area contributed by atoms with Crippen molar-refractivity contribution in [1.82, 2.24) is 15.2 Å². The van der Waals surface area contributed by atoms with Crippen molar-refractivity contribution in [3.63, 3.8) is 0 Å². The van der Waals surface area contributed by atoms with Gasteiger partial charge >= 0.3 is 0 Å². The van der Waals surface area contributed by atoms with Crippen LogP contribution in [-0.2, 0) is 11.3 Å². The largest absolute Gasteiger partial charge is 0.379 e. The van der Waals surface area contributed by atoms with Gasteiger partial charge in [0.15, 0.2) is 5.13 Å². The zero-order valence-electron chi connectivity index (χ0n) is 11.0. The first-order chi connectivity index (χ1) is 8.92. The normalized spacial score (nSPS) is 21.2. The first kappa shape index (κ1) is 15.0. The molecule has 2 fully saturated rings. The predicted molar refractivity (Wildman–Crippen MR) is 80.5 cm³/mol. The van der Waals surface area contributed by atoms with Gasteiger partial charge in [-0.1, -0.05) is 0 Å². The second-order valence-corrected chi connectivity index (χ2v) is 5.58. The summed E-state index contributed by atoms with van der Waals surface area (Å²) in [6, 6.07) is 0. The Morgan fingerprint density at radius 1 is 1.21 bits per heavy atom. The van der Waals surface area contributed by atoms with Crippen LogP contribution in [0.3, 0.4) is 0 Å². The Labute approximate surface area is 124 Å². The average molecular weight is 305 g/mol. The molecule has 19 heavy (non-hydrogen) atoms. The molecular formula is C12H21ClN4OS. The molecule has 0 radical (unpaired) electrons. The Balaban J connectivity index is 0.00000133. The van der Waals surface area contributed by atoms with Crippen LogP contribution in [0, 0.1) is 0 Å². The van der Waals surface area contributed by atoms with Gasteiger partial charge in [-0.25, -0.2) is 4.98 Å². The van der Waals surface area contributed by atoms with Crippen molar-refractivity contribution in [2.75, 3.05) is 57.4 Å². The fraction of sp³-hybridized carbons (Fsp3) is 0.750. The van der Waals surface area contributed by atoms with Crippen LogP contribution in [0.15, 0.2) is 5.38 Å². The lowest BCUT2D eigenvalue weighted by atomic mass is 10.3. The molecule has 108 valence electrons. The highest BCUT2D eigenvalue weighted by molar-refractivity contribution is 7.13. The van der Waals surface area contributed by atoms with Crippen LogP contribution in [0.1, 0.15) is 5.69 Å². The van der Waals surface area contributed by atoms with E-state index in [9.17, 15) is 0 Å². The van der Waals surface area contributed by atoms with Crippen molar-refractivity contribution in [2.45, 2.75) is 6.54 Å². The van der Waals surface area contributed by atoms with E-state index >= 15 is 0 Å². The number of rotatable bonds is 3. The van der Waals surface area contributed by atoms with Crippen LogP contribution < -0.4 is 10.2 Å². The smallest absolute Gasteiger partial charge is 0.185 e. The second kappa shape index (κ2) is 7.40. The first-order valence-electron chi connectivity index (χ1n) is 6.62. The summed E-state index contributed by atoms with van der Waals surface area (Å²) in [5, 5.41) is 6.75. The molecule has 0 aromatic carbocycles. The Kier molecular flexibility index (Phi) is 5.84. The number of anilines is 1. The standard InChI is InChI=1S/C12H20N4OS.ClH/c1-3-16(4-2-13-1)12-14-11(10-18-12)9-15-5-7-17-8-6-15;/h10,13H,1-9H2;1H. The maximum atomic E-state index is 5.36. The number of halogens is 1. The zero-order valence-corrected chi connectivity index (χ0v) is 12.6. The minimum absolute atomic E-state index is 0. The van der Waals surface area contributed by atoms with E-state index < -0.39 is 0 Å². The molecule has 5 nitrogen and oxygen atoms in total. The highest BCUT2D eigenvalue weighted by Gasteiger charge is 2.16. The third-order valence-corrected chi connectivity index (χ3v) is 4.37. The van der Waals surface area contributed by atoms with Gasteiger partial charge in [-0.15, -0.1) is 23.7 Å². The summed E-state index contributed by atoms with van der Waals surface area (Å²) in [7, 11) is 0. The van der Waals surface area contributed by atoms with Gasteiger partial charge in [-0.05, 0) is 0 Å². The number of hydrogen-bond acceptors (Lipinski definition) is 6. The Morgan fingerprint density at radius 2 is 1.95 bits per heavy atom. The van der Waals surface area contributed by atoms with Crippen molar-refractivity contribution in [1.29, 1.82) is 0 Å². The molecule has 0 spiro atoms. The molecule has 0 aliphatic carbocycles. The Bertz CT molecular complexity index is 378. The third kappa shape index (κ3) is 4.03. The number of nitrogens with zero attached hydrogens (tertiary/aromatic N) is 3. The van der Waals surface area contributed by atoms with Gasteiger partial charge in [0.25, 0.3) is 0 Å². The van der Waals surface area contributed by atoms with Gasteiger partial charge < -0.3 is 15.0 Å². The summed E-state index contributed by atoms with van der Waals surface area (Å²) >= 11 is 1.77. The summed E-state index contributed by atoms with van der Waals surface area (Å²) in [4.78, 5) is 9.56. The molecule has 0 unspecified atom stereocenters. The van der Waals surface area contributed by atoms with Crippen LogP contribution in [0.5, 0.6) is 0 Å². The molecule has 0 amide bonds. The molecule has 2 aliphatic rings. The number of ether oxygens (including phenoxy) is 1. The number of hydrogen-bond donors (Lipinski definition) is 1. The van der Waals surface area contributed by atoms with Gasteiger partial charge in [0.1, 0.15) is 0 Å². The highest BCUT2D eigenvalue weighted by Crippen LogP contribution is 2.21. The molecular weight excluding hydrogens is 284 g/mol. The van der Waals surface area contributed by atoms with Crippen LogP contribution in [0.2, 0.25) is 0 Å².